The number of rotatable bonds is 10. The number of aromatic nitrogens is 1. The maximum atomic E-state index is 12.1. The van der Waals surface area contributed by atoms with Crippen molar-refractivity contribution < 1.29 is 19.1 Å². The summed E-state index contributed by atoms with van der Waals surface area (Å²) in [6.07, 6.45) is 0.197. The van der Waals surface area contributed by atoms with Crippen molar-refractivity contribution in [2.24, 2.45) is 0 Å². The summed E-state index contributed by atoms with van der Waals surface area (Å²) in [5.41, 5.74) is 1.89. The number of anilines is 2. The molecule has 0 aliphatic carbocycles. The lowest BCUT2D eigenvalue weighted by molar-refractivity contribution is -0.120. The fraction of sp³-hybridized carbons (Fsp3) is 0.333. The minimum Gasteiger partial charge on any atom is -0.383 e. The Bertz CT molecular complexity index is 825. The number of nitrogens with one attached hydrogen (secondary N) is 3. The van der Waals surface area contributed by atoms with E-state index in [0.717, 1.165) is 4.34 Å². The van der Waals surface area contributed by atoms with Gasteiger partial charge in [0.05, 0.1) is 24.5 Å². The highest BCUT2D eigenvalue weighted by Crippen LogP contribution is 2.23. The molecule has 0 unspecified atom stereocenters. The molecule has 0 fully saturated rings. The Labute approximate surface area is 171 Å². The molecule has 3 amide bonds. The van der Waals surface area contributed by atoms with Crippen LogP contribution >= 0.6 is 23.1 Å². The van der Waals surface area contributed by atoms with Crippen LogP contribution in [0, 0.1) is 0 Å². The summed E-state index contributed by atoms with van der Waals surface area (Å²) in [5, 5.41) is 10.0. The van der Waals surface area contributed by atoms with Crippen molar-refractivity contribution in [2.45, 2.75) is 17.7 Å². The zero-order chi connectivity index (χ0) is 20.4. The number of nitrogens with zero attached hydrogens (tertiary/aromatic N) is 1. The quantitative estimate of drug-likeness (QED) is 0.400. The second-order valence-corrected chi connectivity index (χ2v) is 7.80. The van der Waals surface area contributed by atoms with Gasteiger partial charge in [-0.2, -0.15) is 0 Å². The van der Waals surface area contributed by atoms with E-state index in [1.54, 1.807) is 31.4 Å². The average molecular weight is 423 g/mol. The Balaban J connectivity index is 1.78. The molecule has 0 saturated carbocycles. The normalized spacial score (nSPS) is 10.4. The van der Waals surface area contributed by atoms with Crippen molar-refractivity contribution in [3.8, 4) is 0 Å². The second kappa shape index (κ2) is 11.4. The number of thiazole rings is 1. The largest absolute Gasteiger partial charge is 0.383 e. The maximum Gasteiger partial charge on any atom is 0.234 e. The lowest BCUT2D eigenvalue weighted by Gasteiger charge is -2.07. The smallest absolute Gasteiger partial charge is 0.234 e. The van der Waals surface area contributed by atoms with Gasteiger partial charge in [0.2, 0.25) is 17.7 Å². The van der Waals surface area contributed by atoms with E-state index >= 15 is 0 Å². The number of benzene rings is 1. The summed E-state index contributed by atoms with van der Waals surface area (Å²) in [5.74, 6) is -0.280. The van der Waals surface area contributed by atoms with Gasteiger partial charge in [-0.25, -0.2) is 4.98 Å². The molecule has 28 heavy (non-hydrogen) atoms. The molecule has 0 aliphatic rings. The van der Waals surface area contributed by atoms with Gasteiger partial charge in [-0.05, 0) is 18.2 Å². The molecule has 0 atom stereocenters. The first kappa shape index (κ1) is 21.9. The van der Waals surface area contributed by atoms with Crippen LogP contribution in [0.1, 0.15) is 12.6 Å². The van der Waals surface area contributed by atoms with Crippen LogP contribution in [0.15, 0.2) is 34.0 Å². The summed E-state index contributed by atoms with van der Waals surface area (Å²) in [6, 6.07) is 6.93. The van der Waals surface area contributed by atoms with Gasteiger partial charge in [0, 0.05) is 37.3 Å². The highest BCUT2D eigenvalue weighted by atomic mass is 32.2. The SMILES string of the molecule is COCCNC(=O)Cc1csc(SCC(=O)Nc2cccc(NC(C)=O)c2)n1. The standard InChI is InChI=1S/C18H22N4O4S2/c1-12(23)20-13-4-3-5-14(8-13)21-17(25)11-28-18-22-15(10-27-18)9-16(24)19-6-7-26-2/h3-5,8,10H,6-7,9,11H2,1-2H3,(H,19,24)(H,20,23)(H,21,25). The third kappa shape index (κ3) is 8.07. The van der Waals surface area contributed by atoms with Crippen LogP contribution in [-0.4, -0.2) is 48.7 Å². The van der Waals surface area contributed by atoms with E-state index in [1.807, 2.05) is 5.38 Å². The molecule has 1 heterocycles. The number of carbonyl (C=O) groups excluding carboxylic acids is 3. The van der Waals surface area contributed by atoms with E-state index in [-0.39, 0.29) is 29.9 Å². The maximum absolute atomic E-state index is 12.1. The third-order valence-electron chi connectivity index (χ3n) is 3.29. The molecule has 0 radical (unpaired) electrons. The first-order valence-corrected chi connectivity index (χ1v) is 10.3. The van der Waals surface area contributed by atoms with Crippen molar-refractivity contribution >= 4 is 52.2 Å². The number of hydrogen-bond donors (Lipinski definition) is 3. The van der Waals surface area contributed by atoms with E-state index in [0.29, 0.717) is 30.2 Å². The van der Waals surface area contributed by atoms with Crippen LogP contribution < -0.4 is 16.0 Å². The molecule has 150 valence electrons. The van der Waals surface area contributed by atoms with Crippen molar-refractivity contribution in [3.63, 3.8) is 0 Å². The zero-order valence-corrected chi connectivity index (χ0v) is 17.2. The van der Waals surface area contributed by atoms with Crippen LogP contribution in [0.5, 0.6) is 0 Å². The number of hydrogen-bond acceptors (Lipinski definition) is 7. The molecular weight excluding hydrogens is 400 g/mol. The fourth-order valence-corrected chi connectivity index (χ4v) is 3.80. The Kier molecular flexibility index (Phi) is 8.92. The molecule has 2 rings (SSSR count). The van der Waals surface area contributed by atoms with Crippen molar-refractivity contribution in [1.82, 2.24) is 10.3 Å². The molecule has 10 heteroatoms. The lowest BCUT2D eigenvalue weighted by atomic mass is 10.2. The van der Waals surface area contributed by atoms with Crippen LogP contribution in [-0.2, 0) is 25.5 Å². The molecule has 1 aromatic heterocycles. The van der Waals surface area contributed by atoms with Gasteiger partial charge in [-0.1, -0.05) is 17.8 Å². The summed E-state index contributed by atoms with van der Waals surface area (Å²) in [7, 11) is 1.58. The van der Waals surface area contributed by atoms with E-state index in [4.69, 9.17) is 4.74 Å². The summed E-state index contributed by atoms with van der Waals surface area (Å²) in [4.78, 5) is 39.4. The van der Waals surface area contributed by atoms with Gasteiger partial charge in [-0.15, -0.1) is 11.3 Å². The predicted molar refractivity (Wildman–Crippen MR) is 111 cm³/mol. The lowest BCUT2D eigenvalue weighted by Crippen LogP contribution is -2.28. The molecule has 0 spiro atoms. The summed E-state index contributed by atoms with van der Waals surface area (Å²) >= 11 is 2.70. The van der Waals surface area contributed by atoms with Crippen molar-refractivity contribution in [2.75, 3.05) is 36.6 Å². The Morgan fingerprint density at radius 3 is 2.64 bits per heavy atom. The molecule has 8 nitrogen and oxygen atoms in total. The highest BCUT2D eigenvalue weighted by molar-refractivity contribution is 8.01. The molecule has 1 aromatic carbocycles. The third-order valence-corrected chi connectivity index (χ3v) is 5.36. The van der Waals surface area contributed by atoms with Crippen molar-refractivity contribution in [1.29, 1.82) is 0 Å². The number of methoxy groups -OCH3 is 1. The van der Waals surface area contributed by atoms with E-state index in [2.05, 4.69) is 20.9 Å². The van der Waals surface area contributed by atoms with Gasteiger partial charge in [0.25, 0.3) is 0 Å². The van der Waals surface area contributed by atoms with Gasteiger partial charge in [0.1, 0.15) is 0 Å². The Morgan fingerprint density at radius 2 is 1.93 bits per heavy atom. The molecule has 0 saturated heterocycles. The molecular formula is C18H22N4O4S2. The zero-order valence-electron chi connectivity index (χ0n) is 15.6. The Hall–Kier alpha value is -2.43. The Morgan fingerprint density at radius 1 is 1.18 bits per heavy atom. The minimum absolute atomic E-state index is 0.115. The molecule has 3 N–H and O–H groups in total. The number of carbonyl (C=O) groups is 3. The second-order valence-electron chi connectivity index (χ2n) is 5.72. The number of ether oxygens (including phenoxy) is 1. The van der Waals surface area contributed by atoms with Crippen molar-refractivity contribution in [3.05, 3.63) is 35.3 Å². The first-order valence-electron chi connectivity index (χ1n) is 8.46. The summed E-state index contributed by atoms with van der Waals surface area (Å²) in [6.45, 7) is 2.35. The van der Waals surface area contributed by atoms with Crippen LogP contribution in [0.2, 0.25) is 0 Å². The average Bonchev–Trinajstić information content (AvgIpc) is 3.07. The first-order chi connectivity index (χ1) is 13.5. The van der Waals surface area contributed by atoms with E-state index < -0.39 is 0 Å². The van der Waals surface area contributed by atoms with Crippen LogP contribution in [0.3, 0.4) is 0 Å². The number of amides is 3. The molecule has 0 bridgehead atoms. The van der Waals surface area contributed by atoms with Gasteiger partial charge < -0.3 is 20.7 Å². The van der Waals surface area contributed by atoms with Crippen LogP contribution in [0.25, 0.3) is 0 Å². The van der Waals surface area contributed by atoms with Gasteiger partial charge in [0.15, 0.2) is 4.34 Å². The minimum atomic E-state index is -0.181. The van der Waals surface area contributed by atoms with Gasteiger partial charge >= 0.3 is 0 Å². The fourth-order valence-electron chi connectivity index (χ4n) is 2.16. The van der Waals surface area contributed by atoms with Crippen LogP contribution in [0.4, 0.5) is 11.4 Å². The van der Waals surface area contributed by atoms with E-state index in [1.165, 1.54) is 30.0 Å². The molecule has 0 aliphatic heterocycles. The highest BCUT2D eigenvalue weighted by Gasteiger charge is 2.10. The molecule has 2 aromatic rings. The topological polar surface area (TPSA) is 109 Å². The summed E-state index contributed by atoms with van der Waals surface area (Å²) < 4.78 is 5.60. The van der Waals surface area contributed by atoms with Gasteiger partial charge in [-0.3, -0.25) is 14.4 Å². The van der Waals surface area contributed by atoms with E-state index in [9.17, 15) is 14.4 Å². The monoisotopic (exact) mass is 422 g/mol. The number of thioether (sulfide) groups is 1. The predicted octanol–water partition coefficient (Wildman–Crippen LogP) is 2.14.